The highest BCUT2D eigenvalue weighted by Gasteiger charge is 2.36. The maximum absolute atomic E-state index is 5.72. The molecule has 0 atom stereocenters. The molecule has 2 nitrogen and oxygen atoms in total. The second-order valence-electron chi connectivity index (χ2n) is 4.27. The van der Waals surface area contributed by atoms with Gasteiger partial charge in [0.05, 0.1) is 0 Å². The van der Waals surface area contributed by atoms with Gasteiger partial charge in [0, 0.05) is 22.2 Å². The summed E-state index contributed by atoms with van der Waals surface area (Å²) in [4.78, 5) is 0. The molecule has 1 aromatic carbocycles. The lowest BCUT2D eigenvalue weighted by atomic mass is 10.2. The number of nitrogens with two attached hydrogens (primary N) is 1. The summed E-state index contributed by atoms with van der Waals surface area (Å²) in [6.07, 6.45) is 2.59. The summed E-state index contributed by atoms with van der Waals surface area (Å²) in [5.74, 6) is 0. The SMILES string of the molecule is CC1(NCc2ccc(N)c(Br)c2)CC1. The van der Waals surface area contributed by atoms with Gasteiger partial charge in [0.25, 0.3) is 0 Å². The number of benzene rings is 1. The molecule has 0 heterocycles. The topological polar surface area (TPSA) is 38.0 Å². The van der Waals surface area contributed by atoms with Crippen LogP contribution in [0.5, 0.6) is 0 Å². The van der Waals surface area contributed by atoms with Crippen LogP contribution in [0.25, 0.3) is 0 Å². The van der Waals surface area contributed by atoms with Crippen LogP contribution in [0, 0.1) is 0 Å². The predicted octanol–water partition coefficient (Wildman–Crippen LogP) is 2.67. The van der Waals surface area contributed by atoms with Crippen LogP contribution in [0.2, 0.25) is 0 Å². The number of hydrogen-bond donors (Lipinski definition) is 2. The molecule has 0 radical (unpaired) electrons. The van der Waals surface area contributed by atoms with Crippen molar-refractivity contribution in [2.75, 3.05) is 5.73 Å². The Morgan fingerprint density at radius 1 is 1.50 bits per heavy atom. The van der Waals surface area contributed by atoms with Crippen molar-refractivity contribution in [1.29, 1.82) is 0 Å². The summed E-state index contributed by atoms with van der Waals surface area (Å²) in [6, 6.07) is 6.09. The number of anilines is 1. The largest absolute Gasteiger partial charge is 0.398 e. The molecule has 14 heavy (non-hydrogen) atoms. The van der Waals surface area contributed by atoms with Gasteiger partial charge < -0.3 is 11.1 Å². The molecule has 0 unspecified atom stereocenters. The summed E-state index contributed by atoms with van der Waals surface area (Å²) in [6.45, 7) is 3.19. The van der Waals surface area contributed by atoms with Crippen LogP contribution in [-0.4, -0.2) is 5.54 Å². The maximum Gasteiger partial charge on any atom is 0.0458 e. The molecular formula is C11H15BrN2. The van der Waals surface area contributed by atoms with Gasteiger partial charge in [-0.15, -0.1) is 0 Å². The van der Waals surface area contributed by atoms with E-state index in [1.165, 1.54) is 18.4 Å². The van der Waals surface area contributed by atoms with Gasteiger partial charge in [-0.2, -0.15) is 0 Å². The third-order valence-corrected chi connectivity index (χ3v) is 3.47. The van der Waals surface area contributed by atoms with Crippen LogP contribution in [-0.2, 0) is 6.54 Å². The molecule has 0 spiro atoms. The van der Waals surface area contributed by atoms with Crippen molar-refractivity contribution in [1.82, 2.24) is 5.32 Å². The number of rotatable bonds is 3. The van der Waals surface area contributed by atoms with Gasteiger partial charge in [-0.1, -0.05) is 6.07 Å². The van der Waals surface area contributed by atoms with Crippen molar-refractivity contribution in [3.8, 4) is 0 Å². The fraction of sp³-hybridized carbons (Fsp3) is 0.455. The molecule has 0 saturated heterocycles. The van der Waals surface area contributed by atoms with Gasteiger partial charge in [0.15, 0.2) is 0 Å². The number of nitrogens with one attached hydrogen (secondary N) is 1. The van der Waals surface area contributed by atoms with E-state index in [-0.39, 0.29) is 0 Å². The normalized spacial score (nSPS) is 18.1. The Labute approximate surface area is 93.0 Å². The Morgan fingerprint density at radius 3 is 2.79 bits per heavy atom. The minimum Gasteiger partial charge on any atom is -0.398 e. The first-order valence-corrected chi connectivity index (χ1v) is 5.67. The molecule has 0 aromatic heterocycles. The zero-order valence-corrected chi connectivity index (χ0v) is 9.89. The average molecular weight is 255 g/mol. The van der Waals surface area contributed by atoms with E-state index in [4.69, 9.17) is 5.73 Å². The van der Waals surface area contributed by atoms with Gasteiger partial charge in [0.2, 0.25) is 0 Å². The van der Waals surface area contributed by atoms with E-state index < -0.39 is 0 Å². The second kappa shape index (κ2) is 3.55. The summed E-state index contributed by atoms with van der Waals surface area (Å²) in [5.41, 5.74) is 8.19. The zero-order chi connectivity index (χ0) is 10.2. The van der Waals surface area contributed by atoms with Crippen molar-refractivity contribution in [3.63, 3.8) is 0 Å². The van der Waals surface area contributed by atoms with Crippen LogP contribution in [0.15, 0.2) is 22.7 Å². The maximum atomic E-state index is 5.72. The summed E-state index contributed by atoms with van der Waals surface area (Å²) < 4.78 is 0.984. The highest BCUT2D eigenvalue weighted by molar-refractivity contribution is 9.10. The minimum atomic E-state index is 0.397. The molecule has 1 aliphatic carbocycles. The summed E-state index contributed by atoms with van der Waals surface area (Å²) >= 11 is 3.43. The fourth-order valence-electron chi connectivity index (χ4n) is 1.36. The van der Waals surface area contributed by atoms with Gasteiger partial charge in [0.1, 0.15) is 0 Å². The molecule has 2 rings (SSSR count). The van der Waals surface area contributed by atoms with Crippen molar-refractivity contribution < 1.29 is 0 Å². The number of nitrogen functional groups attached to an aromatic ring is 1. The first-order chi connectivity index (χ1) is 6.59. The van der Waals surface area contributed by atoms with E-state index >= 15 is 0 Å². The van der Waals surface area contributed by atoms with E-state index in [1.54, 1.807) is 0 Å². The zero-order valence-electron chi connectivity index (χ0n) is 8.31. The lowest BCUT2D eigenvalue weighted by Crippen LogP contribution is -2.26. The van der Waals surface area contributed by atoms with Crippen LogP contribution >= 0.6 is 15.9 Å². The molecule has 3 heteroatoms. The Hall–Kier alpha value is -0.540. The van der Waals surface area contributed by atoms with Crippen molar-refractivity contribution in [3.05, 3.63) is 28.2 Å². The monoisotopic (exact) mass is 254 g/mol. The molecule has 1 aromatic rings. The molecule has 3 N–H and O–H groups in total. The number of hydrogen-bond acceptors (Lipinski definition) is 2. The van der Waals surface area contributed by atoms with Crippen molar-refractivity contribution in [2.45, 2.75) is 31.8 Å². The standard InChI is InChI=1S/C11H15BrN2/c1-11(4-5-11)14-7-8-2-3-10(13)9(12)6-8/h2-3,6,14H,4-5,7,13H2,1H3. The first kappa shape index (κ1) is 9.99. The van der Waals surface area contributed by atoms with E-state index in [0.29, 0.717) is 5.54 Å². The Balaban J connectivity index is 1.99. The minimum absolute atomic E-state index is 0.397. The highest BCUT2D eigenvalue weighted by atomic mass is 79.9. The highest BCUT2D eigenvalue weighted by Crippen LogP contribution is 2.34. The lowest BCUT2D eigenvalue weighted by molar-refractivity contribution is 0.538. The molecule has 1 aliphatic rings. The molecule has 1 fully saturated rings. The van der Waals surface area contributed by atoms with E-state index in [2.05, 4.69) is 40.3 Å². The summed E-state index contributed by atoms with van der Waals surface area (Å²) in [7, 11) is 0. The van der Waals surface area contributed by atoms with Crippen molar-refractivity contribution >= 4 is 21.6 Å². The summed E-state index contributed by atoms with van der Waals surface area (Å²) in [5, 5.41) is 3.53. The second-order valence-corrected chi connectivity index (χ2v) is 5.12. The van der Waals surface area contributed by atoms with E-state index in [9.17, 15) is 0 Å². The molecule has 0 amide bonds. The third kappa shape index (κ3) is 2.28. The molecule has 76 valence electrons. The fourth-order valence-corrected chi connectivity index (χ4v) is 1.79. The van der Waals surface area contributed by atoms with Crippen LogP contribution in [0.3, 0.4) is 0 Å². The van der Waals surface area contributed by atoms with Crippen LogP contribution < -0.4 is 11.1 Å². The van der Waals surface area contributed by atoms with Crippen LogP contribution in [0.4, 0.5) is 5.69 Å². The quantitative estimate of drug-likeness (QED) is 0.815. The van der Waals surface area contributed by atoms with E-state index in [1.807, 2.05) is 6.07 Å². The molecule has 0 aliphatic heterocycles. The van der Waals surface area contributed by atoms with Gasteiger partial charge >= 0.3 is 0 Å². The Bertz CT molecular complexity index is 345. The lowest BCUT2D eigenvalue weighted by Gasteiger charge is -2.11. The average Bonchev–Trinajstić information content (AvgIpc) is 2.87. The smallest absolute Gasteiger partial charge is 0.0458 e. The predicted molar refractivity (Wildman–Crippen MR) is 63.0 cm³/mol. The molecule has 1 saturated carbocycles. The molecule has 0 bridgehead atoms. The molecular weight excluding hydrogens is 240 g/mol. The van der Waals surface area contributed by atoms with E-state index in [0.717, 1.165) is 16.7 Å². The third-order valence-electron chi connectivity index (χ3n) is 2.78. The van der Waals surface area contributed by atoms with Gasteiger partial charge in [-0.3, -0.25) is 0 Å². The van der Waals surface area contributed by atoms with Crippen LogP contribution in [0.1, 0.15) is 25.3 Å². The van der Waals surface area contributed by atoms with Gasteiger partial charge in [-0.25, -0.2) is 0 Å². The van der Waals surface area contributed by atoms with Gasteiger partial charge in [-0.05, 0) is 53.4 Å². The Kier molecular flexibility index (Phi) is 2.54. The number of halogens is 1. The first-order valence-electron chi connectivity index (χ1n) is 4.88. The van der Waals surface area contributed by atoms with Crippen molar-refractivity contribution in [2.24, 2.45) is 0 Å². The Morgan fingerprint density at radius 2 is 2.21 bits per heavy atom.